The summed E-state index contributed by atoms with van der Waals surface area (Å²) in [5.41, 5.74) is 1.91. The van der Waals surface area contributed by atoms with Gasteiger partial charge in [0.1, 0.15) is 12.4 Å². The number of esters is 1. The molecule has 29 heavy (non-hydrogen) atoms. The van der Waals surface area contributed by atoms with Crippen molar-refractivity contribution in [2.24, 2.45) is 0 Å². The largest absolute Gasteiger partial charge is 0.494 e. The van der Waals surface area contributed by atoms with Crippen LogP contribution in [0.4, 0.5) is 0 Å². The molecule has 0 fully saturated rings. The third-order valence-corrected chi connectivity index (χ3v) is 5.24. The van der Waals surface area contributed by atoms with Crippen LogP contribution in [0.3, 0.4) is 0 Å². The lowest BCUT2D eigenvalue weighted by atomic mass is 10.2. The number of hydrogen-bond donors (Lipinski definition) is 0. The average molecular weight is 406 g/mol. The summed E-state index contributed by atoms with van der Waals surface area (Å²) in [6.45, 7) is 2.46. The molecule has 0 aliphatic rings. The van der Waals surface area contributed by atoms with Gasteiger partial charge in [-0.15, -0.1) is 0 Å². The zero-order valence-electron chi connectivity index (χ0n) is 15.7. The van der Waals surface area contributed by atoms with Crippen molar-refractivity contribution in [2.75, 3.05) is 6.61 Å². The van der Waals surface area contributed by atoms with E-state index in [1.165, 1.54) is 23.5 Å². The fourth-order valence-corrected chi connectivity index (χ4v) is 3.95. The topological polar surface area (TPSA) is 69.9 Å². The van der Waals surface area contributed by atoms with E-state index in [2.05, 4.69) is 4.98 Å². The van der Waals surface area contributed by atoms with Gasteiger partial charge in [0.25, 0.3) is 5.56 Å². The smallest absolute Gasteiger partial charge is 0.331 e. The lowest BCUT2D eigenvalue weighted by Crippen LogP contribution is -2.14. The molecule has 0 aliphatic carbocycles. The molecule has 0 spiro atoms. The lowest BCUT2D eigenvalue weighted by Gasteiger charge is -2.03. The maximum absolute atomic E-state index is 12.5. The van der Waals surface area contributed by atoms with Crippen LogP contribution in [-0.4, -0.2) is 22.0 Å². The summed E-state index contributed by atoms with van der Waals surface area (Å²) < 4.78 is 13.2. The Morgan fingerprint density at radius 2 is 1.97 bits per heavy atom. The molecule has 0 N–H and O–H groups in total. The zero-order chi connectivity index (χ0) is 20.2. The molecule has 4 aromatic rings. The van der Waals surface area contributed by atoms with Gasteiger partial charge in [-0.25, -0.2) is 9.78 Å². The van der Waals surface area contributed by atoms with Crippen molar-refractivity contribution in [1.82, 2.24) is 9.38 Å². The highest BCUT2D eigenvalue weighted by molar-refractivity contribution is 7.23. The van der Waals surface area contributed by atoms with Crippen molar-refractivity contribution in [3.63, 3.8) is 0 Å². The number of thiazole rings is 1. The molecule has 2 heterocycles. The first-order chi connectivity index (χ1) is 14.1. The van der Waals surface area contributed by atoms with Crippen LogP contribution in [0.2, 0.25) is 0 Å². The minimum Gasteiger partial charge on any atom is -0.494 e. The van der Waals surface area contributed by atoms with Crippen LogP contribution in [-0.2, 0) is 16.1 Å². The molecule has 0 radical (unpaired) electrons. The van der Waals surface area contributed by atoms with E-state index in [0.29, 0.717) is 17.3 Å². The minimum atomic E-state index is -0.503. The molecule has 0 bridgehead atoms. The number of para-hydroxylation sites is 1. The van der Waals surface area contributed by atoms with Crippen LogP contribution >= 0.6 is 11.3 Å². The van der Waals surface area contributed by atoms with Crippen molar-refractivity contribution in [1.29, 1.82) is 0 Å². The molecule has 146 valence electrons. The molecule has 0 saturated carbocycles. The van der Waals surface area contributed by atoms with E-state index in [0.717, 1.165) is 21.5 Å². The highest BCUT2D eigenvalue weighted by atomic mass is 32.1. The Balaban J connectivity index is 1.44. The Morgan fingerprint density at radius 1 is 1.17 bits per heavy atom. The first-order valence-electron chi connectivity index (χ1n) is 9.12. The van der Waals surface area contributed by atoms with E-state index in [-0.39, 0.29) is 12.2 Å². The second kappa shape index (κ2) is 8.28. The highest BCUT2D eigenvalue weighted by Crippen LogP contribution is 2.23. The Hall–Kier alpha value is -3.45. The number of fused-ring (bicyclic) bond motifs is 3. The number of carbonyl (C=O) groups excluding carboxylic acids is 1. The average Bonchev–Trinajstić information content (AvgIpc) is 3.11. The summed E-state index contributed by atoms with van der Waals surface area (Å²) >= 11 is 1.42. The zero-order valence-corrected chi connectivity index (χ0v) is 16.5. The number of hydrogen-bond acceptors (Lipinski definition) is 6. The molecule has 0 unspecified atom stereocenters. The second-order valence-electron chi connectivity index (χ2n) is 6.22. The van der Waals surface area contributed by atoms with E-state index in [1.54, 1.807) is 10.5 Å². The fourth-order valence-electron chi connectivity index (χ4n) is 2.90. The third-order valence-electron chi connectivity index (χ3n) is 4.21. The normalized spacial score (nSPS) is 11.3. The number of benzene rings is 2. The minimum absolute atomic E-state index is 0.0631. The molecule has 0 saturated heterocycles. The third kappa shape index (κ3) is 4.20. The van der Waals surface area contributed by atoms with Crippen molar-refractivity contribution < 1.29 is 14.3 Å². The summed E-state index contributed by atoms with van der Waals surface area (Å²) in [6, 6.07) is 16.4. The summed E-state index contributed by atoms with van der Waals surface area (Å²) in [7, 11) is 0. The van der Waals surface area contributed by atoms with E-state index in [1.807, 2.05) is 55.5 Å². The first kappa shape index (κ1) is 18.9. The predicted octanol–water partition coefficient (Wildman–Crippen LogP) is 4.06. The van der Waals surface area contributed by atoms with Crippen molar-refractivity contribution >= 4 is 38.6 Å². The Kier molecular flexibility index (Phi) is 5.39. The number of aromatic nitrogens is 2. The van der Waals surface area contributed by atoms with Gasteiger partial charge in [-0.05, 0) is 42.8 Å². The number of carbonyl (C=O) groups is 1. The maximum Gasteiger partial charge on any atom is 0.331 e. The SMILES string of the molecule is CCOc1ccc(/C=C/C(=O)OCc2cc(=O)n3c(n2)sc2ccccc23)cc1. The van der Waals surface area contributed by atoms with E-state index < -0.39 is 5.97 Å². The van der Waals surface area contributed by atoms with Gasteiger partial charge >= 0.3 is 5.97 Å². The van der Waals surface area contributed by atoms with Crippen molar-refractivity contribution in [3.8, 4) is 5.75 Å². The van der Waals surface area contributed by atoms with Gasteiger partial charge in [-0.3, -0.25) is 9.20 Å². The molecular formula is C22H18N2O4S. The van der Waals surface area contributed by atoms with Crippen LogP contribution in [0.25, 0.3) is 21.3 Å². The molecule has 0 amide bonds. The van der Waals surface area contributed by atoms with Crippen LogP contribution < -0.4 is 10.3 Å². The standard InChI is InChI=1S/C22H18N2O4S/c1-2-27-17-10-7-15(8-11-17)9-12-21(26)28-14-16-13-20(25)24-18-5-3-4-6-19(18)29-22(24)23-16/h3-13H,2,14H2,1H3/b12-9+. The molecule has 0 aliphatic heterocycles. The lowest BCUT2D eigenvalue weighted by molar-refractivity contribution is -0.139. The number of rotatable bonds is 6. The van der Waals surface area contributed by atoms with E-state index in [4.69, 9.17) is 9.47 Å². The molecule has 7 heteroatoms. The van der Waals surface area contributed by atoms with Gasteiger partial charge in [0.05, 0.1) is 22.5 Å². The molecule has 2 aromatic heterocycles. The predicted molar refractivity (Wildman–Crippen MR) is 113 cm³/mol. The number of nitrogens with zero attached hydrogens (tertiary/aromatic N) is 2. The molecule has 0 atom stereocenters. The van der Waals surface area contributed by atoms with Gasteiger partial charge in [-0.1, -0.05) is 35.6 Å². The first-order valence-corrected chi connectivity index (χ1v) is 9.93. The Bertz CT molecular complexity index is 1260. The van der Waals surface area contributed by atoms with Crippen LogP contribution in [0.5, 0.6) is 5.75 Å². The van der Waals surface area contributed by atoms with E-state index in [9.17, 15) is 9.59 Å². The Morgan fingerprint density at radius 3 is 2.76 bits per heavy atom. The fraction of sp³-hybridized carbons (Fsp3) is 0.136. The molecule has 6 nitrogen and oxygen atoms in total. The highest BCUT2D eigenvalue weighted by Gasteiger charge is 2.10. The van der Waals surface area contributed by atoms with Crippen molar-refractivity contribution in [3.05, 3.63) is 82.3 Å². The van der Waals surface area contributed by atoms with Crippen LogP contribution in [0.15, 0.2) is 65.5 Å². The van der Waals surface area contributed by atoms with Gasteiger partial charge in [-0.2, -0.15) is 0 Å². The van der Waals surface area contributed by atoms with E-state index >= 15 is 0 Å². The molecule has 2 aromatic carbocycles. The summed E-state index contributed by atoms with van der Waals surface area (Å²) in [4.78, 5) is 29.5. The summed E-state index contributed by atoms with van der Waals surface area (Å²) in [5, 5.41) is 0. The monoisotopic (exact) mass is 406 g/mol. The maximum atomic E-state index is 12.5. The van der Waals surface area contributed by atoms with Gasteiger partial charge in [0.15, 0.2) is 4.96 Å². The summed E-state index contributed by atoms with van der Waals surface area (Å²) in [6.07, 6.45) is 3.01. The summed E-state index contributed by atoms with van der Waals surface area (Å²) in [5.74, 6) is 0.276. The van der Waals surface area contributed by atoms with Gasteiger partial charge < -0.3 is 9.47 Å². The molecular weight excluding hydrogens is 388 g/mol. The molecule has 4 rings (SSSR count). The van der Waals surface area contributed by atoms with Crippen LogP contribution in [0.1, 0.15) is 18.2 Å². The van der Waals surface area contributed by atoms with Crippen LogP contribution in [0, 0.1) is 0 Å². The number of ether oxygens (including phenoxy) is 2. The second-order valence-corrected chi connectivity index (χ2v) is 7.23. The Labute approximate surface area is 170 Å². The quantitative estimate of drug-likeness (QED) is 0.357. The van der Waals surface area contributed by atoms with Gasteiger partial charge in [0.2, 0.25) is 0 Å². The van der Waals surface area contributed by atoms with Gasteiger partial charge in [0, 0.05) is 12.1 Å². The van der Waals surface area contributed by atoms with Crippen molar-refractivity contribution in [2.45, 2.75) is 13.5 Å².